The van der Waals surface area contributed by atoms with Gasteiger partial charge in [0.2, 0.25) is 5.91 Å². The summed E-state index contributed by atoms with van der Waals surface area (Å²) < 4.78 is 35.9. The Kier molecular flexibility index (Phi) is 9.91. The van der Waals surface area contributed by atoms with E-state index >= 15 is 0 Å². The van der Waals surface area contributed by atoms with Crippen LogP contribution in [0.5, 0.6) is 5.75 Å². The Morgan fingerprint density at radius 1 is 1.35 bits per heavy atom. The number of ketones is 1. The van der Waals surface area contributed by atoms with Crippen LogP contribution < -0.4 is 9.61 Å². The van der Waals surface area contributed by atoms with E-state index in [0.717, 1.165) is 11.3 Å². The van der Waals surface area contributed by atoms with Gasteiger partial charge in [-0.3, -0.25) is 23.8 Å². The molecule has 11 nitrogen and oxygen atoms in total. The Hall–Kier alpha value is -2.27. The highest BCUT2D eigenvalue weighted by Gasteiger charge is 2.56. The number of hydrogen-bond acceptors (Lipinski definition) is 9. The second-order valence-electron chi connectivity index (χ2n) is 8.95. The standard InChI is InChI=1S/C24H32ClN2O9P/c1-4-5-13-33-22(31)16(2)26-37(32,36-18-9-7-6-8-10-18)34-15-19-21(30)24(3,25)23(35-19)27-12-11-17(28)14-20(27)29/h6-12,16,19,21,23,30H,4-5,13-15H2,1-3H3,(H,26,32)/t16-,19-,21-,23-,24-,37?/m1/s1. The lowest BCUT2D eigenvalue weighted by Crippen LogP contribution is -2.50. The second-order valence-corrected chi connectivity index (χ2v) is 11.5. The van der Waals surface area contributed by atoms with Crippen LogP contribution in [0.3, 0.4) is 0 Å². The van der Waals surface area contributed by atoms with Crippen LogP contribution in [0.1, 0.15) is 40.0 Å². The Balaban J connectivity index is 1.73. The van der Waals surface area contributed by atoms with Crippen molar-refractivity contribution in [3.05, 3.63) is 42.6 Å². The van der Waals surface area contributed by atoms with Gasteiger partial charge in [0.15, 0.2) is 12.0 Å². The maximum Gasteiger partial charge on any atom is 0.459 e. The first-order chi connectivity index (χ1) is 17.5. The molecule has 13 heteroatoms. The lowest BCUT2D eigenvalue weighted by molar-refractivity contribution is -0.145. The summed E-state index contributed by atoms with van der Waals surface area (Å²) in [5.41, 5.74) is 0. The monoisotopic (exact) mass is 558 g/mol. The summed E-state index contributed by atoms with van der Waals surface area (Å²) in [5.74, 6) is -1.31. The number of rotatable bonds is 12. The predicted octanol–water partition coefficient (Wildman–Crippen LogP) is 2.91. The minimum absolute atomic E-state index is 0.214. The van der Waals surface area contributed by atoms with Crippen molar-refractivity contribution in [1.29, 1.82) is 0 Å². The Labute approximate surface area is 220 Å². The number of carbonyl (C=O) groups is 3. The normalized spacial score (nSPS) is 28.1. The fraction of sp³-hybridized carbons (Fsp3) is 0.542. The molecule has 1 unspecified atom stereocenters. The molecule has 2 N–H and O–H groups in total. The molecule has 1 aromatic rings. The summed E-state index contributed by atoms with van der Waals surface area (Å²) in [5, 5.41) is 13.4. The fourth-order valence-electron chi connectivity index (χ4n) is 3.72. The van der Waals surface area contributed by atoms with Crippen molar-refractivity contribution in [3.8, 4) is 5.75 Å². The van der Waals surface area contributed by atoms with E-state index in [2.05, 4.69) is 5.09 Å². The zero-order valence-corrected chi connectivity index (χ0v) is 22.5. The van der Waals surface area contributed by atoms with E-state index in [9.17, 15) is 24.1 Å². The summed E-state index contributed by atoms with van der Waals surface area (Å²) in [7, 11) is -4.21. The van der Waals surface area contributed by atoms with Crippen LogP contribution in [0.15, 0.2) is 42.6 Å². The number of nitrogens with zero attached hydrogens (tertiary/aromatic N) is 1. The molecule has 1 aromatic carbocycles. The number of amides is 1. The number of alkyl halides is 1. The number of unbranched alkanes of at least 4 members (excludes halogenated alkanes) is 1. The maximum atomic E-state index is 13.7. The van der Waals surface area contributed by atoms with E-state index in [4.69, 9.17) is 30.1 Å². The third-order valence-electron chi connectivity index (χ3n) is 5.83. The van der Waals surface area contributed by atoms with Crippen LogP contribution in [0.25, 0.3) is 0 Å². The second kappa shape index (κ2) is 12.5. The average Bonchev–Trinajstić information content (AvgIpc) is 3.07. The smallest absolute Gasteiger partial charge is 0.459 e. The van der Waals surface area contributed by atoms with E-state index in [0.29, 0.717) is 6.42 Å². The molecule has 6 atom stereocenters. The maximum absolute atomic E-state index is 13.7. The van der Waals surface area contributed by atoms with E-state index in [-0.39, 0.29) is 24.6 Å². The van der Waals surface area contributed by atoms with Crippen molar-refractivity contribution in [2.45, 2.75) is 69.4 Å². The summed E-state index contributed by atoms with van der Waals surface area (Å²) in [6.07, 6.45) is 0.0686. The summed E-state index contributed by atoms with van der Waals surface area (Å²) in [4.78, 5) is 35.9. The number of para-hydroxylation sites is 1. The molecule has 2 heterocycles. The Morgan fingerprint density at radius 3 is 2.70 bits per heavy atom. The molecule has 1 amide bonds. The number of aliphatic hydroxyl groups excluding tert-OH is 1. The van der Waals surface area contributed by atoms with Crippen molar-refractivity contribution in [2.24, 2.45) is 0 Å². The van der Waals surface area contributed by atoms with Crippen LogP contribution in [-0.4, -0.2) is 70.2 Å². The van der Waals surface area contributed by atoms with Crippen molar-refractivity contribution in [3.63, 3.8) is 0 Å². The quantitative estimate of drug-likeness (QED) is 0.129. The van der Waals surface area contributed by atoms with Gasteiger partial charge < -0.3 is 19.1 Å². The number of nitrogens with one attached hydrogen (secondary N) is 1. The first kappa shape index (κ1) is 29.3. The van der Waals surface area contributed by atoms with Crippen LogP contribution in [-0.2, 0) is 32.9 Å². The van der Waals surface area contributed by atoms with Crippen LogP contribution >= 0.6 is 19.3 Å². The van der Waals surface area contributed by atoms with E-state index < -0.39 is 55.6 Å². The summed E-state index contributed by atoms with van der Waals surface area (Å²) in [6, 6.07) is 7.16. The molecule has 37 heavy (non-hydrogen) atoms. The number of benzene rings is 1. The zero-order chi connectivity index (χ0) is 27.2. The first-order valence-corrected chi connectivity index (χ1v) is 13.9. The predicted molar refractivity (Wildman–Crippen MR) is 134 cm³/mol. The molecular weight excluding hydrogens is 527 g/mol. The van der Waals surface area contributed by atoms with Crippen LogP contribution in [0.4, 0.5) is 0 Å². The third kappa shape index (κ3) is 7.40. The molecule has 204 valence electrons. The van der Waals surface area contributed by atoms with E-state index in [1.54, 1.807) is 30.3 Å². The Morgan fingerprint density at radius 2 is 2.05 bits per heavy atom. The molecule has 0 radical (unpaired) electrons. The van der Waals surface area contributed by atoms with Gasteiger partial charge in [-0.1, -0.05) is 31.5 Å². The molecule has 0 aromatic heterocycles. The molecule has 2 aliphatic rings. The topological polar surface area (TPSA) is 141 Å². The highest BCUT2D eigenvalue weighted by molar-refractivity contribution is 7.52. The fourth-order valence-corrected chi connectivity index (χ4v) is 5.52. The number of hydrogen-bond donors (Lipinski definition) is 2. The van der Waals surface area contributed by atoms with Gasteiger partial charge >= 0.3 is 13.7 Å². The number of allylic oxidation sites excluding steroid dienone is 1. The Bertz CT molecular complexity index is 1050. The van der Waals surface area contributed by atoms with Crippen LogP contribution in [0.2, 0.25) is 0 Å². The van der Waals surface area contributed by atoms with Crippen molar-refractivity contribution in [1.82, 2.24) is 9.99 Å². The highest BCUT2D eigenvalue weighted by atomic mass is 35.5. The number of aliphatic hydroxyl groups is 1. The first-order valence-electron chi connectivity index (χ1n) is 11.9. The van der Waals surface area contributed by atoms with Crippen molar-refractivity contribution < 1.29 is 42.6 Å². The lowest BCUT2D eigenvalue weighted by atomic mass is 9.99. The van der Waals surface area contributed by atoms with Crippen LogP contribution in [0, 0.1) is 0 Å². The van der Waals surface area contributed by atoms with Gasteiger partial charge in [-0.05, 0) is 38.5 Å². The molecule has 0 saturated carbocycles. The lowest BCUT2D eigenvalue weighted by Gasteiger charge is -2.34. The molecule has 0 bridgehead atoms. The molecule has 1 saturated heterocycles. The summed E-state index contributed by atoms with van der Waals surface area (Å²) in [6.45, 7) is 4.66. The largest absolute Gasteiger partial charge is 0.465 e. The summed E-state index contributed by atoms with van der Waals surface area (Å²) >= 11 is 6.56. The van der Waals surface area contributed by atoms with Gasteiger partial charge in [0.25, 0.3) is 0 Å². The molecular formula is C24H32ClN2O9P. The van der Waals surface area contributed by atoms with Gasteiger partial charge in [0.05, 0.1) is 19.6 Å². The van der Waals surface area contributed by atoms with Crippen molar-refractivity contribution >= 4 is 37.0 Å². The number of halogens is 1. The third-order valence-corrected chi connectivity index (χ3v) is 7.88. The molecule has 0 aliphatic carbocycles. The minimum Gasteiger partial charge on any atom is -0.465 e. The zero-order valence-electron chi connectivity index (χ0n) is 20.9. The van der Waals surface area contributed by atoms with E-state index in [1.807, 2.05) is 6.92 Å². The molecule has 2 aliphatic heterocycles. The number of ether oxygens (including phenoxy) is 2. The minimum atomic E-state index is -4.21. The van der Waals surface area contributed by atoms with Crippen molar-refractivity contribution in [2.75, 3.05) is 13.2 Å². The number of esters is 1. The van der Waals surface area contributed by atoms with Gasteiger partial charge in [-0.2, -0.15) is 5.09 Å². The van der Waals surface area contributed by atoms with E-state index in [1.165, 1.54) is 26.1 Å². The SMILES string of the molecule is CCCCOC(=O)[C@@H](C)NP(=O)(OC[C@H]1O[C@@H](N2C=CC(=O)CC2=O)[C@](C)(Cl)[C@@H]1O)Oc1ccccc1. The number of carbonyl (C=O) groups excluding carboxylic acids is 3. The molecule has 1 fully saturated rings. The van der Waals surface area contributed by atoms with Gasteiger partial charge in [-0.15, -0.1) is 11.6 Å². The van der Waals surface area contributed by atoms with Gasteiger partial charge in [0.1, 0.15) is 28.9 Å². The highest BCUT2D eigenvalue weighted by Crippen LogP contribution is 2.47. The average molecular weight is 559 g/mol. The van der Waals surface area contributed by atoms with Gasteiger partial charge in [-0.25, -0.2) is 4.57 Å². The molecule has 3 rings (SSSR count). The molecule has 0 spiro atoms. The van der Waals surface area contributed by atoms with Gasteiger partial charge in [0, 0.05) is 6.20 Å².